The molecule has 0 aliphatic carbocycles. The van der Waals surface area contributed by atoms with Crippen molar-refractivity contribution >= 4 is 5.69 Å². The molecule has 2 heterocycles. The Morgan fingerprint density at radius 2 is 1.76 bits per heavy atom. The van der Waals surface area contributed by atoms with E-state index in [9.17, 15) is 5.11 Å². The topological polar surface area (TPSA) is 38.7 Å². The minimum absolute atomic E-state index is 0.352. The molecule has 2 fully saturated rings. The number of anilines is 1. The van der Waals surface area contributed by atoms with Crippen LogP contribution < -0.4 is 5.32 Å². The molecule has 3 rings (SSSR count). The lowest BCUT2D eigenvalue weighted by Gasteiger charge is -2.33. The van der Waals surface area contributed by atoms with Crippen molar-refractivity contribution in [1.29, 1.82) is 0 Å². The van der Waals surface area contributed by atoms with E-state index in [1.165, 1.54) is 50.1 Å². The molecule has 2 aliphatic rings. The minimum Gasteiger partial charge on any atom is -0.396 e. The van der Waals surface area contributed by atoms with Crippen LogP contribution >= 0.6 is 0 Å². The van der Waals surface area contributed by atoms with Gasteiger partial charge in [-0.15, -0.1) is 0 Å². The summed E-state index contributed by atoms with van der Waals surface area (Å²) in [5.41, 5.74) is 2.67. The number of nitrogens with one attached hydrogen (secondary N) is 1. The molecule has 1 aromatic rings. The van der Waals surface area contributed by atoms with Gasteiger partial charge in [-0.25, -0.2) is 0 Å². The number of benzene rings is 1. The third-order valence-electron chi connectivity index (χ3n) is 5.80. The van der Waals surface area contributed by atoms with Crippen LogP contribution in [-0.4, -0.2) is 60.3 Å². The number of hydrogen-bond donors (Lipinski definition) is 2. The van der Waals surface area contributed by atoms with Gasteiger partial charge in [0, 0.05) is 38.0 Å². The lowest BCUT2D eigenvalue weighted by Crippen LogP contribution is -2.39. The maximum Gasteiger partial charge on any atom is 0.0460 e. The monoisotopic (exact) mass is 345 g/mol. The van der Waals surface area contributed by atoms with Crippen molar-refractivity contribution in [2.45, 2.75) is 51.6 Å². The summed E-state index contributed by atoms with van der Waals surface area (Å²) in [6, 6.07) is 9.58. The average molecular weight is 346 g/mol. The minimum atomic E-state index is 0.352. The molecular formula is C21H35N3O. The Labute approximate surface area is 153 Å². The summed E-state index contributed by atoms with van der Waals surface area (Å²) in [5, 5.41) is 13.0. The number of aliphatic hydroxyl groups is 1. The molecule has 0 radical (unpaired) electrons. The number of piperidine rings is 2. The van der Waals surface area contributed by atoms with Crippen molar-refractivity contribution in [3.63, 3.8) is 0 Å². The summed E-state index contributed by atoms with van der Waals surface area (Å²) in [6.07, 6.45) is 6.02. The molecule has 1 aromatic carbocycles. The SMILES string of the molecule is CCCN1CCC(Nc2cccc(CN3CCC(CO)CC3)c2)CC1. The van der Waals surface area contributed by atoms with E-state index in [1.54, 1.807) is 0 Å². The van der Waals surface area contributed by atoms with Gasteiger partial charge in [-0.3, -0.25) is 4.90 Å². The van der Waals surface area contributed by atoms with Crippen molar-refractivity contribution in [2.24, 2.45) is 5.92 Å². The molecule has 4 heteroatoms. The highest BCUT2D eigenvalue weighted by atomic mass is 16.3. The second kappa shape index (κ2) is 9.56. The lowest BCUT2D eigenvalue weighted by molar-refractivity contribution is 0.127. The van der Waals surface area contributed by atoms with Gasteiger partial charge in [0.2, 0.25) is 0 Å². The predicted molar refractivity (Wildman–Crippen MR) is 105 cm³/mol. The van der Waals surface area contributed by atoms with E-state index in [0.29, 0.717) is 18.6 Å². The van der Waals surface area contributed by atoms with Crippen molar-refractivity contribution in [2.75, 3.05) is 44.6 Å². The molecule has 0 unspecified atom stereocenters. The molecule has 0 spiro atoms. The van der Waals surface area contributed by atoms with Gasteiger partial charge in [0.25, 0.3) is 0 Å². The van der Waals surface area contributed by atoms with Crippen LogP contribution in [0.4, 0.5) is 5.69 Å². The van der Waals surface area contributed by atoms with Crippen molar-refractivity contribution in [3.05, 3.63) is 29.8 Å². The van der Waals surface area contributed by atoms with E-state index in [2.05, 4.69) is 46.3 Å². The molecule has 0 amide bonds. The van der Waals surface area contributed by atoms with E-state index in [4.69, 9.17) is 0 Å². The summed E-state index contributed by atoms with van der Waals surface area (Å²) in [5.74, 6) is 0.517. The summed E-state index contributed by atoms with van der Waals surface area (Å²) in [6.45, 7) is 9.57. The molecule has 4 nitrogen and oxygen atoms in total. The normalized spacial score (nSPS) is 21.5. The summed E-state index contributed by atoms with van der Waals surface area (Å²) in [7, 11) is 0. The van der Waals surface area contributed by atoms with Crippen LogP contribution in [0.1, 0.15) is 44.6 Å². The molecule has 0 saturated carbocycles. The Bertz CT molecular complexity index is 506. The smallest absolute Gasteiger partial charge is 0.0460 e. The van der Waals surface area contributed by atoms with E-state index in [0.717, 1.165) is 32.5 Å². The Kier molecular flexibility index (Phi) is 7.14. The first-order valence-corrected chi connectivity index (χ1v) is 10.2. The molecule has 0 bridgehead atoms. The largest absolute Gasteiger partial charge is 0.396 e. The van der Waals surface area contributed by atoms with Gasteiger partial charge in [0.1, 0.15) is 0 Å². The number of hydrogen-bond acceptors (Lipinski definition) is 4. The summed E-state index contributed by atoms with van der Waals surface area (Å²) < 4.78 is 0. The highest BCUT2D eigenvalue weighted by molar-refractivity contribution is 5.46. The van der Waals surface area contributed by atoms with E-state index >= 15 is 0 Å². The highest BCUT2D eigenvalue weighted by Gasteiger charge is 2.20. The van der Waals surface area contributed by atoms with Crippen LogP contribution in [0.15, 0.2) is 24.3 Å². The van der Waals surface area contributed by atoms with Gasteiger partial charge in [0.05, 0.1) is 0 Å². The third-order valence-corrected chi connectivity index (χ3v) is 5.80. The molecule has 2 N–H and O–H groups in total. The molecule has 2 saturated heterocycles. The van der Waals surface area contributed by atoms with Crippen LogP contribution in [0.3, 0.4) is 0 Å². The van der Waals surface area contributed by atoms with Crippen LogP contribution in [0.2, 0.25) is 0 Å². The van der Waals surface area contributed by atoms with Gasteiger partial charge in [-0.05, 0) is 75.4 Å². The molecule has 140 valence electrons. The van der Waals surface area contributed by atoms with Crippen molar-refractivity contribution < 1.29 is 5.11 Å². The predicted octanol–water partition coefficient (Wildman–Crippen LogP) is 3.18. The van der Waals surface area contributed by atoms with Crippen LogP contribution in [0.25, 0.3) is 0 Å². The van der Waals surface area contributed by atoms with Gasteiger partial charge in [-0.1, -0.05) is 19.1 Å². The molecule has 0 atom stereocenters. The summed E-state index contributed by atoms with van der Waals surface area (Å²) in [4.78, 5) is 5.11. The summed E-state index contributed by atoms with van der Waals surface area (Å²) >= 11 is 0. The molecular weight excluding hydrogens is 310 g/mol. The van der Waals surface area contributed by atoms with Crippen LogP contribution in [0.5, 0.6) is 0 Å². The van der Waals surface area contributed by atoms with Crippen LogP contribution in [-0.2, 0) is 6.54 Å². The van der Waals surface area contributed by atoms with Crippen molar-refractivity contribution in [3.8, 4) is 0 Å². The number of aliphatic hydroxyl groups excluding tert-OH is 1. The van der Waals surface area contributed by atoms with E-state index in [1.807, 2.05) is 0 Å². The fourth-order valence-corrected chi connectivity index (χ4v) is 4.20. The molecule has 25 heavy (non-hydrogen) atoms. The van der Waals surface area contributed by atoms with E-state index < -0.39 is 0 Å². The number of likely N-dealkylation sites (tertiary alicyclic amines) is 2. The lowest BCUT2D eigenvalue weighted by atomic mass is 9.97. The Morgan fingerprint density at radius 3 is 2.44 bits per heavy atom. The number of rotatable bonds is 7. The Morgan fingerprint density at radius 1 is 1.04 bits per heavy atom. The standard InChI is InChI=1S/C21H35N3O/c1-2-10-23-13-8-20(9-14-23)22-21-5-3-4-19(15-21)16-24-11-6-18(17-25)7-12-24/h3-5,15,18,20,22,25H,2,6-14,16-17H2,1H3. The van der Waals surface area contributed by atoms with Gasteiger partial charge < -0.3 is 15.3 Å². The second-order valence-electron chi connectivity index (χ2n) is 7.86. The number of nitrogens with zero attached hydrogens (tertiary/aromatic N) is 2. The third kappa shape index (κ3) is 5.70. The molecule has 0 aromatic heterocycles. The first-order valence-electron chi connectivity index (χ1n) is 10.2. The maximum atomic E-state index is 9.28. The fourth-order valence-electron chi connectivity index (χ4n) is 4.20. The second-order valence-corrected chi connectivity index (χ2v) is 7.86. The first-order chi connectivity index (χ1) is 12.3. The van der Waals surface area contributed by atoms with Gasteiger partial charge in [-0.2, -0.15) is 0 Å². The first kappa shape index (κ1) is 18.7. The Hall–Kier alpha value is -1.10. The van der Waals surface area contributed by atoms with E-state index in [-0.39, 0.29) is 0 Å². The quantitative estimate of drug-likeness (QED) is 0.796. The van der Waals surface area contributed by atoms with Gasteiger partial charge >= 0.3 is 0 Å². The average Bonchev–Trinajstić information content (AvgIpc) is 2.65. The zero-order chi connectivity index (χ0) is 17.5. The maximum absolute atomic E-state index is 9.28. The molecule has 2 aliphatic heterocycles. The zero-order valence-electron chi connectivity index (χ0n) is 15.8. The Balaban J connectivity index is 1.47. The highest BCUT2D eigenvalue weighted by Crippen LogP contribution is 2.21. The zero-order valence-corrected chi connectivity index (χ0v) is 15.8. The van der Waals surface area contributed by atoms with Crippen molar-refractivity contribution in [1.82, 2.24) is 9.80 Å². The van der Waals surface area contributed by atoms with Crippen LogP contribution in [0, 0.1) is 5.92 Å². The fraction of sp³-hybridized carbons (Fsp3) is 0.714. The van der Waals surface area contributed by atoms with Gasteiger partial charge in [0.15, 0.2) is 0 Å².